The van der Waals surface area contributed by atoms with Gasteiger partial charge in [0.25, 0.3) is 5.91 Å². The molecule has 0 unspecified atom stereocenters. The van der Waals surface area contributed by atoms with Gasteiger partial charge >= 0.3 is 0 Å². The Labute approximate surface area is 123 Å². The van der Waals surface area contributed by atoms with Gasteiger partial charge in [-0.05, 0) is 31.1 Å². The van der Waals surface area contributed by atoms with E-state index in [1.54, 1.807) is 0 Å². The first kappa shape index (κ1) is 13.7. The summed E-state index contributed by atoms with van der Waals surface area (Å²) in [5.41, 5.74) is 6.11. The monoisotopic (exact) mass is 294 g/mol. The van der Waals surface area contributed by atoms with Gasteiger partial charge in [0.1, 0.15) is 10.7 Å². The molecule has 2 saturated carbocycles. The summed E-state index contributed by atoms with van der Waals surface area (Å²) in [5.74, 6) is 0.254. The molecule has 3 rings (SSSR count). The number of carbonyl (C=O) groups excluding carboxylic acids is 1. The topological polar surface area (TPSA) is 80.0 Å². The Bertz CT molecular complexity index is 503. The number of hydrogen-bond donors (Lipinski definition) is 3. The fraction of sp³-hybridized carbons (Fsp3) is 0.714. The minimum Gasteiger partial charge on any atom is -0.382 e. The number of nitrogen functional groups attached to an aromatic ring is 1. The molecule has 0 atom stereocenters. The molecule has 6 heteroatoms. The lowest BCUT2D eigenvalue weighted by Crippen LogP contribution is -2.34. The Morgan fingerprint density at radius 3 is 2.80 bits per heavy atom. The Hall–Kier alpha value is -1.30. The number of thiazole rings is 1. The molecule has 2 aliphatic carbocycles. The fourth-order valence-corrected chi connectivity index (χ4v) is 3.62. The highest BCUT2D eigenvalue weighted by molar-refractivity contribution is 7.18. The standard InChI is InChI=1S/C14H22N4OS/c1-14(6-2-3-7-14)8-16-12(19)10-11(15)18-13(20-10)17-9-4-5-9/h9H,2-8,15H2,1H3,(H,16,19)(H,17,18). The molecule has 0 aromatic carbocycles. The SMILES string of the molecule is CC1(CNC(=O)c2sc(NC3CC3)nc2N)CCCC1. The molecule has 20 heavy (non-hydrogen) atoms. The molecular weight excluding hydrogens is 272 g/mol. The van der Waals surface area contributed by atoms with Crippen molar-refractivity contribution < 1.29 is 4.79 Å². The van der Waals surface area contributed by atoms with Crippen molar-refractivity contribution >= 4 is 28.2 Å². The lowest BCUT2D eigenvalue weighted by molar-refractivity contribution is 0.0939. The Kier molecular flexibility index (Phi) is 3.58. The number of carbonyl (C=O) groups is 1. The lowest BCUT2D eigenvalue weighted by atomic mass is 9.89. The minimum absolute atomic E-state index is 0.0861. The van der Waals surface area contributed by atoms with Gasteiger partial charge in [-0.1, -0.05) is 31.1 Å². The quantitative estimate of drug-likeness (QED) is 0.780. The van der Waals surface area contributed by atoms with E-state index >= 15 is 0 Å². The first-order chi connectivity index (χ1) is 9.56. The van der Waals surface area contributed by atoms with Gasteiger partial charge in [0.05, 0.1) is 0 Å². The van der Waals surface area contributed by atoms with Gasteiger partial charge in [-0.25, -0.2) is 4.98 Å². The number of hydrogen-bond acceptors (Lipinski definition) is 5. The van der Waals surface area contributed by atoms with Crippen LogP contribution in [0.25, 0.3) is 0 Å². The molecule has 2 aliphatic rings. The van der Waals surface area contributed by atoms with Gasteiger partial charge in [-0.3, -0.25) is 4.79 Å². The smallest absolute Gasteiger partial charge is 0.265 e. The van der Waals surface area contributed by atoms with E-state index in [1.165, 1.54) is 49.9 Å². The van der Waals surface area contributed by atoms with Crippen LogP contribution >= 0.6 is 11.3 Å². The number of rotatable bonds is 5. The summed E-state index contributed by atoms with van der Waals surface area (Å²) in [6.07, 6.45) is 7.29. The third kappa shape index (κ3) is 3.06. The van der Waals surface area contributed by atoms with E-state index in [0.717, 1.165) is 11.7 Å². The van der Waals surface area contributed by atoms with Gasteiger partial charge in [-0.15, -0.1) is 0 Å². The van der Waals surface area contributed by atoms with Crippen LogP contribution in [0.3, 0.4) is 0 Å². The van der Waals surface area contributed by atoms with E-state index in [9.17, 15) is 4.79 Å². The molecule has 1 amide bonds. The lowest BCUT2D eigenvalue weighted by Gasteiger charge is -2.23. The van der Waals surface area contributed by atoms with Crippen molar-refractivity contribution in [2.24, 2.45) is 5.41 Å². The summed E-state index contributed by atoms with van der Waals surface area (Å²) in [4.78, 5) is 17.0. The third-order valence-electron chi connectivity index (χ3n) is 4.25. The molecule has 1 heterocycles. The zero-order chi connectivity index (χ0) is 14.2. The third-order valence-corrected chi connectivity index (χ3v) is 5.25. The Morgan fingerprint density at radius 2 is 2.15 bits per heavy atom. The fourth-order valence-electron chi connectivity index (χ4n) is 2.74. The number of nitrogens with two attached hydrogens (primary N) is 1. The number of anilines is 2. The van der Waals surface area contributed by atoms with E-state index in [-0.39, 0.29) is 11.3 Å². The predicted octanol–water partition coefficient (Wildman–Crippen LogP) is 2.61. The van der Waals surface area contributed by atoms with Crippen LogP contribution in [-0.4, -0.2) is 23.5 Å². The Morgan fingerprint density at radius 1 is 1.45 bits per heavy atom. The average molecular weight is 294 g/mol. The van der Waals surface area contributed by atoms with E-state index < -0.39 is 0 Å². The van der Waals surface area contributed by atoms with Crippen molar-refractivity contribution in [3.05, 3.63) is 4.88 Å². The minimum atomic E-state index is -0.0861. The second kappa shape index (κ2) is 5.24. The number of amides is 1. The number of aromatic nitrogens is 1. The first-order valence-electron chi connectivity index (χ1n) is 7.37. The van der Waals surface area contributed by atoms with Gasteiger partial charge < -0.3 is 16.4 Å². The van der Waals surface area contributed by atoms with Crippen molar-refractivity contribution in [2.45, 2.75) is 51.5 Å². The molecule has 1 aromatic heterocycles. The molecule has 0 radical (unpaired) electrons. The summed E-state index contributed by atoms with van der Waals surface area (Å²) in [6.45, 7) is 2.98. The van der Waals surface area contributed by atoms with Gasteiger partial charge in [-0.2, -0.15) is 0 Å². The molecular formula is C14H22N4OS. The van der Waals surface area contributed by atoms with Crippen LogP contribution in [0.5, 0.6) is 0 Å². The number of nitrogens with zero attached hydrogens (tertiary/aromatic N) is 1. The van der Waals surface area contributed by atoms with Crippen LogP contribution in [0, 0.1) is 5.41 Å². The van der Waals surface area contributed by atoms with Crippen molar-refractivity contribution in [2.75, 3.05) is 17.6 Å². The van der Waals surface area contributed by atoms with Crippen molar-refractivity contribution in [3.8, 4) is 0 Å². The highest BCUT2D eigenvalue weighted by Gasteiger charge is 2.30. The second-order valence-corrected chi connectivity index (χ2v) is 7.35. The zero-order valence-electron chi connectivity index (χ0n) is 11.9. The maximum Gasteiger partial charge on any atom is 0.265 e. The predicted molar refractivity (Wildman–Crippen MR) is 82.1 cm³/mol. The molecule has 0 bridgehead atoms. The second-order valence-electron chi connectivity index (χ2n) is 6.35. The normalized spacial score (nSPS) is 20.9. The van der Waals surface area contributed by atoms with Gasteiger partial charge in [0.15, 0.2) is 5.13 Å². The van der Waals surface area contributed by atoms with E-state index in [4.69, 9.17) is 5.73 Å². The summed E-state index contributed by atoms with van der Waals surface area (Å²) in [7, 11) is 0. The molecule has 1 aromatic rings. The van der Waals surface area contributed by atoms with E-state index in [2.05, 4.69) is 22.5 Å². The van der Waals surface area contributed by atoms with Crippen molar-refractivity contribution in [3.63, 3.8) is 0 Å². The molecule has 4 N–H and O–H groups in total. The number of nitrogens with one attached hydrogen (secondary N) is 2. The van der Waals surface area contributed by atoms with Crippen LogP contribution in [0.1, 0.15) is 55.1 Å². The molecule has 0 saturated heterocycles. The molecule has 2 fully saturated rings. The summed E-state index contributed by atoms with van der Waals surface area (Å²) in [6, 6.07) is 0.522. The molecule has 0 aliphatic heterocycles. The largest absolute Gasteiger partial charge is 0.382 e. The van der Waals surface area contributed by atoms with Crippen LogP contribution in [0.4, 0.5) is 10.9 Å². The van der Waals surface area contributed by atoms with Gasteiger partial charge in [0.2, 0.25) is 0 Å². The van der Waals surface area contributed by atoms with Crippen molar-refractivity contribution in [1.82, 2.24) is 10.3 Å². The van der Waals surface area contributed by atoms with Crippen LogP contribution < -0.4 is 16.4 Å². The molecule has 5 nitrogen and oxygen atoms in total. The first-order valence-corrected chi connectivity index (χ1v) is 8.18. The van der Waals surface area contributed by atoms with Crippen LogP contribution in [0.15, 0.2) is 0 Å². The highest BCUT2D eigenvalue weighted by atomic mass is 32.1. The maximum atomic E-state index is 12.2. The van der Waals surface area contributed by atoms with Crippen molar-refractivity contribution in [1.29, 1.82) is 0 Å². The summed E-state index contributed by atoms with van der Waals surface area (Å²) in [5, 5.41) is 7.08. The molecule has 0 spiro atoms. The maximum absolute atomic E-state index is 12.2. The van der Waals surface area contributed by atoms with E-state index in [1.807, 2.05) is 0 Å². The van der Waals surface area contributed by atoms with Gasteiger partial charge in [0, 0.05) is 12.6 Å². The van der Waals surface area contributed by atoms with E-state index in [0.29, 0.717) is 16.7 Å². The van der Waals surface area contributed by atoms with Crippen LogP contribution in [-0.2, 0) is 0 Å². The Balaban J connectivity index is 1.59. The highest BCUT2D eigenvalue weighted by Crippen LogP contribution is 2.37. The zero-order valence-corrected chi connectivity index (χ0v) is 12.7. The summed E-state index contributed by atoms with van der Waals surface area (Å²) >= 11 is 1.36. The average Bonchev–Trinajstić information content (AvgIpc) is 2.99. The summed E-state index contributed by atoms with van der Waals surface area (Å²) < 4.78 is 0. The van der Waals surface area contributed by atoms with Crippen LogP contribution in [0.2, 0.25) is 0 Å². The molecule has 110 valence electrons.